The standard InChI is InChI=1S/C25H26F8O2/c1-2-10-23(34-15-16-6-4-3-5-7-16)11-8-17(9-12-23)18-13-19(26)21(20(27)14-18)35-25(32,33)22(28)24(29,30)31/h3-7,13-14,17,22H,2,8-12,15H2,1H3. The number of hydrogen-bond donors (Lipinski definition) is 0. The van der Waals surface area contributed by atoms with Crippen LogP contribution >= 0.6 is 0 Å². The fraction of sp³-hybridized carbons (Fsp3) is 0.520. The summed E-state index contributed by atoms with van der Waals surface area (Å²) in [5, 5.41) is 0. The summed E-state index contributed by atoms with van der Waals surface area (Å²) in [6.45, 7) is 2.45. The van der Waals surface area contributed by atoms with Gasteiger partial charge >= 0.3 is 12.3 Å². The lowest BCUT2D eigenvalue weighted by molar-refractivity contribution is -0.306. The molecule has 1 atom stereocenters. The van der Waals surface area contributed by atoms with Gasteiger partial charge < -0.3 is 9.47 Å². The molecule has 0 amide bonds. The highest BCUT2D eigenvalue weighted by molar-refractivity contribution is 5.34. The molecular formula is C25H26F8O2. The molecule has 1 unspecified atom stereocenters. The fourth-order valence-corrected chi connectivity index (χ4v) is 4.50. The Morgan fingerprint density at radius 2 is 1.54 bits per heavy atom. The van der Waals surface area contributed by atoms with Gasteiger partial charge in [0.05, 0.1) is 12.2 Å². The summed E-state index contributed by atoms with van der Waals surface area (Å²) in [4.78, 5) is 0. The van der Waals surface area contributed by atoms with Crippen LogP contribution in [-0.4, -0.2) is 24.1 Å². The van der Waals surface area contributed by atoms with Crippen LogP contribution in [0, 0.1) is 11.6 Å². The minimum absolute atomic E-state index is 0.163. The van der Waals surface area contributed by atoms with Gasteiger partial charge in [0.15, 0.2) is 17.4 Å². The van der Waals surface area contributed by atoms with E-state index in [0.29, 0.717) is 32.3 Å². The molecule has 194 valence electrons. The highest BCUT2D eigenvalue weighted by Gasteiger charge is 2.59. The molecule has 0 aromatic heterocycles. The van der Waals surface area contributed by atoms with Crippen LogP contribution in [-0.2, 0) is 11.3 Å². The van der Waals surface area contributed by atoms with Crippen molar-refractivity contribution in [2.24, 2.45) is 0 Å². The molecular weight excluding hydrogens is 484 g/mol. The quantitative estimate of drug-likeness (QED) is 0.316. The van der Waals surface area contributed by atoms with Crippen LogP contribution in [0.1, 0.15) is 62.5 Å². The third-order valence-electron chi connectivity index (χ3n) is 6.30. The van der Waals surface area contributed by atoms with Crippen LogP contribution in [0.2, 0.25) is 0 Å². The van der Waals surface area contributed by atoms with Crippen molar-refractivity contribution in [1.29, 1.82) is 0 Å². The first-order valence-electron chi connectivity index (χ1n) is 11.3. The molecule has 10 heteroatoms. The Hall–Kier alpha value is -2.36. The Morgan fingerprint density at radius 1 is 0.971 bits per heavy atom. The second-order valence-corrected chi connectivity index (χ2v) is 8.86. The normalized spacial score (nSPS) is 22.1. The van der Waals surface area contributed by atoms with Crippen molar-refractivity contribution >= 4 is 0 Å². The molecule has 1 saturated carbocycles. The van der Waals surface area contributed by atoms with Gasteiger partial charge in [0, 0.05) is 0 Å². The third kappa shape index (κ3) is 6.65. The van der Waals surface area contributed by atoms with Crippen LogP contribution in [0.15, 0.2) is 42.5 Å². The van der Waals surface area contributed by atoms with Gasteiger partial charge in [0.25, 0.3) is 6.17 Å². The summed E-state index contributed by atoms with van der Waals surface area (Å²) in [6, 6.07) is 11.1. The second kappa shape index (κ2) is 10.7. The van der Waals surface area contributed by atoms with E-state index in [2.05, 4.69) is 4.74 Å². The van der Waals surface area contributed by atoms with E-state index >= 15 is 0 Å². The summed E-state index contributed by atoms with van der Waals surface area (Å²) in [5.41, 5.74) is 0.774. The molecule has 1 aliphatic rings. The molecule has 0 spiro atoms. The average Bonchev–Trinajstić information content (AvgIpc) is 2.80. The van der Waals surface area contributed by atoms with Crippen LogP contribution in [0.3, 0.4) is 0 Å². The monoisotopic (exact) mass is 510 g/mol. The Balaban J connectivity index is 1.70. The molecule has 2 aromatic rings. The zero-order valence-electron chi connectivity index (χ0n) is 19.0. The first-order chi connectivity index (χ1) is 16.4. The predicted molar refractivity (Wildman–Crippen MR) is 113 cm³/mol. The summed E-state index contributed by atoms with van der Waals surface area (Å²) >= 11 is 0. The molecule has 0 radical (unpaired) electrons. The maximum atomic E-state index is 14.4. The van der Waals surface area contributed by atoms with Gasteiger partial charge in [0.1, 0.15) is 0 Å². The van der Waals surface area contributed by atoms with Gasteiger partial charge in [-0.25, -0.2) is 13.2 Å². The maximum absolute atomic E-state index is 14.4. The van der Waals surface area contributed by atoms with E-state index in [1.165, 1.54) is 0 Å². The fourth-order valence-electron chi connectivity index (χ4n) is 4.50. The molecule has 1 aliphatic carbocycles. The predicted octanol–water partition coefficient (Wildman–Crippen LogP) is 8.25. The van der Waals surface area contributed by atoms with E-state index < -0.39 is 41.4 Å². The van der Waals surface area contributed by atoms with Crippen molar-refractivity contribution in [3.05, 3.63) is 65.2 Å². The van der Waals surface area contributed by atoms with Crippen LogP contribution in [0.4, 0.5) is 35.1 Å². The molecule has 0 aliphatic heterocycles. The van der Waals surface area contributed by atoms with Gasteiger partial charge in [0.2, 0.25) is 0 Å². The highest BCUT2D eigenvalue weighted by atomic mass is 19.4. The van der Waals surface area contributed by atoms with E-state index in [4.69, 9.17) is 4.74 Å². The molecule has 0 N–H and O–H groups in total. The molecule has 2 nitrogen and oxygen atoms in total. The molecule has 0 heterocycles. The lowest BCUT2D eigenvalue weighted by Crippen LogP contribution is -2.46. The minimum atomic E-state index is -5.97. The van der Waals surface area contributed by atoms with Gasteiger partial charge in [-0.3, -0.25) is 0 Å². The number of hydrogen-bond acceptors (Lipinski definition) is 2. The lowest BCUT2D eigenvalue weighted by atomic mass is 9.74. The summed E-state index contributed by atoms with van der Waals surface area (Å²) < 4.78 is 116. The van der Waals surface area contributed by atoms with Crippen LogP contribution in [0.25, 0.3) is 0 Å². The van der Waals surface area contributed by atoms with E-state index in [1.807, 2.05) is 37.3 Å². The Kier molecular flexibility index (Phi) is 8.34. The van der Waals surface area contributed by atoms with Crippen molar-refractivity contribution in [3.8, 4) is 5.75 Å². The molecule has 2 aromatic carbocycles. The van der Waals surface area contributed by atoms with E-state index in [9.17, 15) is 35.1 Å². The SMILES string of the molecule is CCCC1(OCc2ccccc2)CCC(c2cc(F)c(OC(F)(F)C(F)C(F)(F)F)c(F)c2)CC1. The van der Waals surface area contributed by atoms with Crippen molar-refractivity contribution < 1.29 is 44.6 Å². The first kappa shape index (κ1) is 27.2. The molecule has 3 rings (SSSR count). The smallest absolute Gasteiger partial charge is 0.424 e. The summed E-state index contributed by atoms with van der Waals surface area (Å²) in [7, 11) is 0. The van der Waals surface area contributed by atoms with Gasteiger partial charge in [-0.1, -0.05) is 43.7 Å². The highest BCUT2D eigenvalue weighted by Crippen LogP contribution is 2.44. The topological polar surface area (TPSA) is 18.5 Å². The Morgan fingerprint density at radius 3 is 2.06 bits per heavy atom. The maximum Gasteiger partial charge on any atom is 0.439 e. The molecule has 35 heavy (non-hydrogen) atoms. The van der Waals surface area contributed by atoms with E-state index in [-0.39, 0.29) is 11.5 Å². The van der Waals surface area contributed by atoms with Crippen molar-refractivity contribution in [1.82, 2.24) is 0 Å². The Bertz CT molecular complexity index is 946. The van der Waals surface area contributed by atoms with E-state index in [1.54, 1.807) is 0 Å². The second-order valence-electron chi connectivity index (χ2n) is 8.86. The molecule has 1 fully saturated rings. The zero-order valence-corrected chi connectivity index (χ0v) is 19.0. The van der Waals surface area contributed by atoms with E-state index in [0.717, 1.165) is 30.5 Å². The first-order valence-corrected chi connectivity index (χ1v) is 11.3. The van der Waals surface area contributed by atoms with Crippen LogP contribution in [0.5, 0.6) is 5.75 Å². The minimum Gasteiger partial charge on any atom is -0.424 e. The van der Waals surface area contributed by atoms with Crippen molar-refractivity contribution in [2.75, 3.05) is 0 Å². The van der Waals surface area contributed by atoms with Gasteiger partial charge in [-0.15, -0.1) is 0 Å². The number of benzene rings is 2. The average molecular weight is 510 g/mol. The zero-order chi connectivity index (χ0) is 25.9. The number of alkyl halides is 6. The molecule has 0 bridgehead atoms. The third-order valence-corrected chi connectivity index (χ3v) is 6.30. The summed E-state index contributed by atoms with van der Waals surface area (Å²) in [6.07, 6.45) is -12.3. The summed E-state index contributed by atoms with van der Waals surface area (Å²) in [5.74, 6) is -5.32. The number of rotatable bonds is 9. The van der Waals surface area contributed by atoms with Crippen molar-refractivity contribution in [3.63, 3.8) is 0 Å². The lowest BCUT2D eigenvalue weighted by Gasteiger charge is -2.40. The van der Waals surface area contributed by atoms with Gasteiger partial charge in [-0.2, -0.15) is 22.0 Å². The van der Waals surface area contributed by atoms with Crippen LogP contribution < -0.4 is 4.74 Å². The van der Waals surface area contributed by atoms with Crippen molar-refractivity contribution in [2.45, 2.75) is 82.0 Å². The largest absolute Gasteiger partial charge is 0.439 e. The molecule has 0 saturated heterocycles. The Labute approximate surface area is 198 Å². The number of ether oxygens (including phenoxy) is 2. The number of halogens is 8. The van der Waals surface area contributed by atoms with Gasteiger partial charge in [-0.05, 0) is 61.3 Å².